The first-order chi connectivity index (χ1) is 11.6. The minimum Gasteiger partial charge on any atom is -0.344 e. The third-order valence-corrected chi connectivity index (χ3v) is 4.00. The predicted octanol–water partition coefficient (Wildman–Crippen LogP) is 2.58. The van der Waals surface area contributed by atoms with Crippen LogP contribution in [0.15, 0.2) is 41.1 Å². The van der Waals surface area contributed by atoms with E-state index in [2.05, 4.69) is 25.8 Å². The number of rotatable bonds is 5. The van der Waals surface area contributed by atoms with Gasteiger partial charge in [0, 0.05) is 20.3 Å². The second kappa shape index (κ2) is 7.09. The lowest BCUT2D eigenvalue weighted by molar-refractivity contribution is 0.249. The number of benzene rings is 1. The van der Waals surface area contributed by atoms with E-state index in [4.69, 9.17) is 4.52 Å². The maximum absolute atomic E-state index is 11.9. The van der Waals surface area contributed by atoms with Crippen molar-refractivity contribution in [3.63, 3.8) is 0 Å². The second-order valence-corrected chi connectivity index (χ2v) is 6.12. The highest BCUT2D eigenvalue weighted by molar-refractivity contribution is 7.19. The van der Waals surface area contributed by atoms with Gasteiger partial charge in [0.05, 0.1) is 11.4 Å². The molecule has 1 aromatic carbocycles. The SMILES string of the molecule is CN(C)c1noc(CNC(=O)Nc2ncc(-c3ccccc3)s2)n1. The Hall–Kier alpha value is -2.94. The molecule has 0 aliphatic heterocycles. The number of amides is 2. The number of thiazole rings is 1. The number of carbonyl (C=O) groups excluding carboxylic acids is 1. The molecule has 0 atom stereocenters. The van der Waals surface area contributed by atoms with E-state index in [0.717, 1.165) is 10.4 Å². The summed E-state index contributed by atoms with van der Waals surface area (Å²) in [6.07, 6.45) is 1.73. The molecule has 8 nitrogen and oxygen atoms in total. The fraction of sp³-hybridized carbons (Fsp3) is 0.200. The first-order valence-electron chi connectivity index (χ1n) is 7.18. The molecule has 124 valence electrons. The molecule has 0 spiro atoms. The van der Waals surface area contributed by atoms with Gasteiger partial charge in [-0.1, -0.05) is 41.7 Å². The number of carbonyl (C=O) groups is 1. The van der Waals surface area contributed by atoms with E-state index < -0.39 is 0 Å². The topological polar surface area (TPSA) is 96.2 Å². The lowest BCUT2D eigenvalue weighted by Gasteiger charge is -2.03. The van der Waals surface area contributed by atoms with Crippen LogP contribution in [-0.2, 0) is 6.54 Å². The van der Waals surface area contributed by atoms with Crippen molar-refractivity contribution in [3.8, 4) is 10.4 Å². The smallest absolute Gasteiger partial charge is 0.321 e. The molecule has 2 aromatic heterocycles. The van der Waals surface area contributed by atoms with Crippen molar-refractivity contribution in [3.05, 3.63) is 42.4 Å². The summed E-state index contributed by atoms with van der Waals surface area (Å²) in [5.41, 5.74) is 1.06. The number of aromatic nitrogens is 3. The Balaban J connectivity index is 1.54. The molecule has 24 heavy (non-hydrogen) atoms. The van der Waals surface area contributed by atoms with Crippen LogP contribution in [0, 0.1) is 0 Å². The quantitative estimate of drug-likeness (QED) is 0.738. The zero-order valence-electron chi connectivity index (χ0n) is 13.2. The van der Waals surface area contributed by atoms with Gasteiger partial charge in [0.1, 0.15) is 0 Å². The molecule has 0 saturated carbocycles. The normalized spacial score (nSPS) is 10.4. The standard InChI is InChI=1S/C15H16N6O2S/c1-21(2)13-18-12(23-20-13)9-16-14(22)19-15-17-8-11(24-15)10-6-4-3-5-7-10/h3-8H,9H2,1-2H3,(H2,16,17,19,22). The molecule has 0 aliphatic rings. The van der Waals surface area contributed by atoms with Crippen molar-refractivity contribution in [2.45, 2.75) is 6.54 Å². The maximum atomic E-state index is 11.9. The van der Waals surface area contributed by atoms with E-state index in [9.17, 15) is 4.79 Å². The Morgan fingerprint density at radius 3 is 2.79 bits per heavy atom. The monoisotopic (exact) mass is 344 g/mol. The zero-order chi connectivity index (χ0) is 16.9. The Morgan fingerprint density at radius 2 is 2.08 bits per heavy atom. The van der Waals surface area contributed by atoms with Gasteiger partial charge in [-0.05, 0) is 10.7 Å². The van der Waals surface area contributed by atoms with Gasteiger partial charge in [0.2, 0.25) is 5.89 Å². The highest BCUT2D eigenvalue weighted by Crippen LogP contribution is 2.28. The van der Waals surface area contributed by atoms with Crippen LogP contribution in [0.5, 0.6) is 0 Å². The van der Waals surface area contributed by atoms with E-state index in [1.807, 2.05) is 44.4 Å². The molecule has 0 unspecified atom stereocenters. The minimum absolute atomic E-state index is 0.142. The van der Waals surface area contributed by atoms with Gasteiger partial charge >= 0.3 is 6.03 Å². The van der Waals surface area contributed by atoms with Crippen molar-refractivity contribution in [1.82, 2.24) is 20.4 Å². The highest BCUT2D eigenvalue weighted by atomic mass is 32.1. The number of nitrogens with zero attached hydrogens (tertiary/aromatic N) is 4. The number of nitrogens with one attached hydrogen (secondary N) is 2. The van der Waals surface area contributed by atoms with Gasteiger partial charge < -0.3 is 14.7 Å². The van der Waals surface area contributed by atoms with Gasteiger partial charge in [-0.3, -0.25) is 5.32 Å². The molecule has 0 saturated heterocycles. The minimum atomic E-state index is -0.381. The molecule has 2 heterocycles. The lowest BCUT2D eigenvalue weighted by Crippen LogP contribution is -2.28. The van der Waals surface area contributed by atoms with E-state index in [1.54, 1.807) is 11.1 Å². The first-order valence-corrected chi connectivity index (χ1v) is 7.99. The van der Waals surface area contributed by atoms with Crippen LogP contribution in [0.1, 0.15) is 5.89 Å². The van der Waals surface area contributed by atoms with Crippen LogP contribution >= 0.6 is 11.3 Å². The second-order valence-electron chi connectivity index (χ2n) is 5.09. The molecule has 0 fully saturated rings. The fourth-order valence-electron chi connectivity index (χ4n) is 1.86. The molecular formula is C15H16N6O2S. The van der Waals surface area contributed by atoms with Crippen molar-refractivity contribution in [2.24, 2.45) is 0 Å². The van der Waals surface area contributed by atoms with Gasteiger partial charge in [-0.25, -0.2) is 9.78 Å². The van der Waals surface area contributed by atoms with Crippen molar-refractivity contribution in [2.75, 3.05) is 24.3 Å². The average Bonchev–Trinajstić information content (AvgIpc) is 3.23. The molecule has 3 aromatic rings. The molecule has 2 amide bonds. The summed E-state index contributed by atoms with van der Waals surface area (Å²) in [5.74, 6) is 0.789. The maximum Gasteiger partial charge on any atom is 0.321 e. The summed E-state index contributed by atoms with van der Waals surface area (Å²) in [4.78, 5) is 22.9. The van der Waals surface area contributed by atoms with Gasteiger partial charge in [0.25, 0.3) is 5.95 Å². The summed E-state index contributed by atoms with van der Waals surface area (Å²) in [6, 6.07) is 9.48. The van der Waals surface area contributed by atoms with E-state index in [1.165, 1.54) is 11.3 Å². The average molecular weight is 344 g/mol. The first kappa shape index (κ1) is 15.9. The molecule has 0 radical (unpaired) electrons. The summed E-state index contributed by atoms with van der Waals surface area (Å²) in [6.45, 7) is 0.142. The Labute approximate surface area is 142 Å². The van der Waals surface area contributed by atoms with Gasteiger partial charge in [-0.15, -0.1) is 0 Å². The molecular weight excluding hydrogens is 328 g/mol. The molecule has 0 aliphatic carbocycles. The highest BCUT2D eigenvalue weighted by Gasteiger charge is 2.11. The van der Waals surface area contributed by atoms with Crippen molar-refractivity contribution < 1.29 is 9.32 Å². The summed E-state index contributed by atoms with van der Waals surface area (Å²) in [5, 5.41) is 9.63. The number of hydrogen-bond donors (Lipinski definition) is 2. The molecule has 0 bridgehead atoms. The van der Waals surface area contributed by atoms with E-state index in [0.29, 0.717) is 17.0 Å². The van der Waals surface area contributed by atoms with E-state index in [-0.39, 0.29) is 12.6 Å². The predicted molar refractivity (Wildman–Crippen MR) is 92.0 cm³/mol. The van der Waals surface area contributed by atoms with Crippen LogP contribution in [0.3, 0.4) is 0 Å². The lowest BCUT2D eigenvalue weighted by atomic mass is 10.2. The molecule has 9 heteroatoms. The van der Waals surface area contributed by atoms with Crippen molar-refractivity contribution in [1.29, 1.82) is 0 Å². The molecule has 3 rings (SSSR count). The summed E-state index contributed by atoms with van der Waals surface area (Å²) in [7, 11) is 3.61. The third kappa shape index (κ3) is 3.87. The van der Waals surface area contributed by atoms with E-state index >= 15 is 0 Å². The van der Waals surface area contributed by atoms with Crippen LogP contribution in [-0.4, -0.2) is 35.3 Å². The van der Waals surface area contributed by atoms with Gasteiger partial charge in [0.15, 0.2) is 5.13 Å². The fourth-order valence-corrected chi connectivity index (χ4v) is 2.68. The third-order valence-electron chi connectivity index (χ3n) is 3.04. The van der Waals surface area contributed by atoms with Crippen molar-refractivity contribution >= 4 is 28.4 Å². The van der Waals surface area contributed by atoms with Crippen LogP contribution in [0.2, 0.25) is 0 Å². The largest absolute Gasteiger partial charge is 0.344 e. The zero-order valence-corrected chi connectivity index (χ0v) is 14.0. The van der Waals surface area contributed by atoms with Crippen LogP contribution in [0.25, 0.3) is 10.4 Å². The van der Waals surface area contributed by atoms with Crippen LogP contribution in [0.4, 0.5) is 15.9 Å². The Bertz CT molecular complexity index is 814. The number of hydrogen-bond acceptors (Lipinski definition) is 7. The Morgan fingerprint density at radius 1 is 1.29 bits per heavy atom. The Kier molecular flexibility index (Phi) is 4.71. The summed E-state index contributed by atoms with van der Waals surface area (Å²) < 4.78 is 5.03. The van der Waals surface area contributed by atoms with Crippen LogP contribution < -0.4 is 15.5 Å². The molecule has 2 N–H and O–H groups in total. The van der Waals surface area contributed by atoms with Gasteiger partial charge in [-0.2, -0.15) is 4.98 Å². The number of anilines is 2. The summed E-state index contributed by atoms with van der Waals surface area (Å²) >= 11 is 1.40. The number of urea groups is 1.